The van der Waals surface area contributed by atoms with Crippen molar-refractivity contribution in [1.82, 2.24) is 14.5 Å². The van der Waals surface area contributed by atoms with E-state index in [1.807, 2.05) is 30.3 Å². The third-order valence-electron chi connectivity index (χ3n) is 3.56. The van der Waals surface area contributed by atoms with Crippen LogP contribution in [0.5, 0.6) is 5.75 Å². The van der Waals surface area contributed by atoms with Crippen molar-refractivity contribution in [2.75, 3.05) is 18.5 Å². The minimum absolute atomic E-state index is 0.170. The second kappa shape index (κ2) is 6.95. The van der Waals surface area contributed by atoms with Gasteiger partial charge in [0.15, 0.2) is 0 Å². The number of aromatic nitrogens is 3. The Morgan fingerprint density at radius 2 is 2.12 bits per heavy atom. The van der Waals surface area contributed by atoms with E-state index in [1.54, 1.807) is 17.8 Å². The summed E-state index contributed by atoms with van der Waals surface area (Å²) in [4.78, 5) is 18.5. The van der Waals surface area contributed by atoms with Crippen LogP contribution in [0.4, 0.5) is 11.6 Å². The molecule has 0 bridgehead atoms. The molecule has 0 spiro atoms. The molecule has 0 radical (unpaired) electrons. The average Bonchev–Trinajstić information content (AvgIpc) is 2.96. The molecule has 0 amide bonds. The van der Waals surface area contributed by atoms with E-state index in [1.165, 1.54) is 6.33 Å². The highest BCUT2D eigenvalue weighted by Gasteiger charge is 2.19. The molecule has 0 aliphatic heterocycles. The number of hydrogen-bond donors (Lipinski definition) is 1. The molecule has 8 nitrogen and oxygen atoms in total. The lowest BCUT2D eigenvalue weighted by Crippen LogP contribution is -2.10. The minimum atomic E-state index is -0.499. The number of nitro groups is 1. The van der Waals surface area contributed by atoms with Gasteiger partial charge in [-0.2, -0.15) is 0 Å². The van der Waals surface area contributed by atoms with Crippen LogP contribution in [0.3, 0.4) is 0 Å². The lowest BCUT2D eigenvalue weighted by atomic mass is 10.2. The van der Waals surface area contributed by atoms with E-state index in [4.69, 9.17) is 4.74 Å². The molecule has 124 valence electrons. The summed E-state index contributed by atoms with van der Waals surface area (Å²) in [5.74, 6) is 0.961. The number of imidazole rings is 1. The Bertz CT molecular complexity index is 857. The SMILES string of the molecule is Cn1cnc([N+](=O)[O-])c1NCCCOc1cccc2cccnc12. The number of benzene rings is 1. The summed E-state index contributed by atoms with van der Waals surface area (Å²) in [7, 11) is 1.71. The zero-order valence-corrected chi connectivity index (χ0v) is 13.2. The van der Waals surface area contributed by atoms with E-state index in [9.17, 15) is 10.1 Å². The minimum Gasteiger partial charge on any atom is -0.491 e. The number of anilines is 1. The van der Waals surface area contributed by atoms with Crippen molar-refractivity contribution in [2.45, 2.75) is 6.42 Å². The molecule has 0 aliphatic carbocycles. The number of ether oxygens (including phenoxy) is 1. The molecule has 0 aliphatic rings. The van der Waals surface area contributed by atoms with E-state index in [2.05, 4.69) is 15.3 Å². The summed E-state index contributed by atoms with van der Waals surface area (Å²) in [5.41, 5.74) is 0.829. The van der Waals surface area contributed by atoms with Crippen molar-refractivity contribution in [3.8, 4) is 5.75 Å². The van der Waals surface area contributed by atoms with Crippen LogP contribution < -0.4 is 10.1 Å². The van der Waals surface area contributed by atoms with Crippen molar-refractivity contribution < 1.29 is 9.66 Å². The molecule has 2 heterocycles. The second-order valence-corrected chi connectivity index (χ2v) is 5.24. The van der Waals surface area contributed by atoms with Gasteiger partial charge < -0.3 is 20.2 Å². The molecule has 8 heteroatoms. The van der Waals surface area contributed by atoms with Gasteiger partial charge in [-0.3, -0.25) is 9.55 Å². The van der Waals surface area contributed by atoms with Crippen molar-refractivity contribution in [3.05, 3.63) is 53.0 Å². The van der Waals surface area contributed by atoms with Gasteiger partial charge in [0.2, 0.25) is 12.1 Å². The standard InChI is InChI=1S/C16H17N5O3/c1-20-11-19-16(21(22)23)15(20)18-9-4-10-24-13-7-2-5-12-6-3-8-17-14(12)13/h2-3,5-8,11,18H,4,9-10H2,1H3. The van der Waals surface area contributed by atoms with Crippen molar-refractivity contribution >= 4 is 22.5 Å². The summed E-state index contributed by atoms with van der Waals surface area (Å²) in [5, 5.41) is 14.9. The highest BCUT2D eigenvalue weighted by molar-refractivity contribution is 5.84. The predicted molar refractivity (Wildman–Crippen MR) is 90.2 cm³/mol. The number of fused-ring (bicyclic) bond motifs is 1. The first-order chi connectivity index (χ1) is 11.7. The van der Waals surface area contributed by atoms with Gasteiger partial charge in [-0.25, -0.2) is 0 Å². The normalized spacial score (nSPS) is 10.7. The van der Waals surface area contributed by atoms with Gasteiger partial charge in [0, 0.05) is 25.2 Å². The number of aryl methyl sites for hydroxylation is 1. The van der Waals surface area contributed by atoms with E-state index in [-0.39, 0.29) is 5.82 Å². The lowest BCUT2D eigenvalue weighted by Gasteiger charge is -2.09. The van der Waals surface area contributed by atoms with Gasteiger partial charge in [-0.1, -0.05) is 18.2 Å². The summed E-state index contributed by atoms with van der Waals surface area (Å²) in [6.07, 6.45) is 3.84. The Labute approximate surface area is 138 Å². The zero-order valence-electron chi connectivity index (χ0n) is 13.2. The number of rotatable bonds is 7. The molecule has 0 unspecified atom stereocenters. The molecule has 3 rings (SSSR count). The Morgan fingerprint density at radius 3 is 2.96 bits per heavy atom. The number of pyridine rings is 1. The maximum Gasteiger partial charge on any atom is 0.406 e. The van der Waals surface area contributed by atoms with Gasteiger partial charge in [-0.05, 0) is 28.5 Å². The van der Waals surface area contributed by atoms with Crippen molar-refractivity contribution in [1.29, 1.82) is 0 Å². The molecule has 0 atom stereocenters. The highest BCUT2D eigenvalue weighted by Crippen LogP contribution is 2.23. The monoisotopic (exact) mass is 327 g/mol. The Morgan fingerprint density at radius 1 is 1.29 bits per heavy atom. The van der Waals surface area contributed by atoms with Gasteiger partial charge >= 0.3 is 5.82 Å². The van der Waals surface area contributed by atoms with Crippen molar-refractivity contribution in [3.63, 3.8) is 0 Å². The van der Waals surface area contributed by atoms with Crippen LogP contribution in [0.2, 0.25) is 0 Å². The largest absolute Gasteiger partial charge is 0.491 e. The van der Waals surface area contributed by atoms with Crippen LogP contribution in [0.1, 0.15) is 6.42 Å². The summed E-state index contributed by atoms with van der Waals surface area (Å²) in [6.45, 7) is 1.02. The Kier molecular flexibility index (Phi) is 4.55. The molecule has 0 saturated heterocycles. The summed E-state index contributed by atoms with van der Waals surface area (Å²) < 4.78 is 7.38. The number of para-hydroxylation sites is 1. The molecule has 0 saturated carbocycles. The van der Waals surface area contributed by atoms with E-state index >= 15 is 0 Å². The van der Waals surface area contributed by atoms with Crippen LogP contribution in [-0.4, -0.2) is 32.6 Å². The van der Waals surface area contributed by atoms with Gasteiger partial charge in [0.1, 0.15) is 11.3 Å². The van der Waals surface area contributed by atoms with E-state index in [0.29, 0.717) is 25.4 Å². The van der Waals surface area contributed by atoms with Crippen molar-refractivity contribution in [2.24, 2.45) is 7.05 Å². The average molecular weight is 327 g/mol. The van der Waals surface area contributed by atoms with Gasteiger partial charge in [0.05, 0.1) is 6.61 Å². The molecular formula is C16H17N5O3. The maximum absolute atomic E-state index is 10.9. The fourth-order valence-corrected chi connectivity index (χ4v) is 2.41. The first-order valence-electron chi connectivity index (χ1n) is 7.53. The zero-order chi connectivity index (χ0) is 16.9. The highest BCUT2D eigenvalue weighted by atomic mass is 16.6. The molecule has 1 N–H and O–H groups in total. The molecule has 1 aromatic carbocycles. The van der Waals surface area contributed by atoms with Crippen LogP contribution >= 0.6 is 0 Å². The molecule has 24 heavy (non-hydrogen) atoms. The van der Waals surface area contributed by atoms with Crippen LogP contribution in [0.15, 0.2) is 42.9 Å². The molecule has 2 aromatic heterocycles. The summed E-state index contributed by atoms with van der Waals surface area (Å²) >= 11 is 0. The smallest absolute Gasteiger partial charge is 0.406 e. The fourth-order valence-electron chi connectivity index (χ4n) is 2.41. The van der Waals surface area contributed by atoms with Gasteiger partial charge in [-0.15, -0.1) is 0 Å². The van der Waals surface area contributed by atoms with Crippen LogP contribution in [-0.2, 0) is 7.05 Å². The number of nitrogens with one attached hydrogen (secondary N) is 1. The third kappa shape index (κ3) is 3.27. The van der Waals surface area contributed by atoms with Crippen LogP contribution in [0, 0.1) is 10.1 Å². The predicted octanol–water partition coefficient (Wildman–Crippen LogP) is 2.76. The summed E-state index contributed by atoms with van der Waals surface area (Å²) in [6, 6.07) is 9.67. The number of hydrogen-bond acceptors (Lipinski definition) is 6. The topological polar surface area (TPSA) is 95.1 Å². The quantitative estimate of drug-likeness (QED) is 0.407. The Balaban J connectivity index is 1.54. The maximum atomic E-state index is 10.9. The first kappa shape index (κ1) is 15.7. The van der Waals surface area contributed by atoms with E-state index in [0.717, 1.165) is 16.7 Å². The Hall–Kier alpha value is -3.16. The first-order valence-corrected chi connectivity index (χ1v) is 7.53. The molecule has 3 aromatic rings. The molecular weight excluding hydrogens is 310 g/mol. The third-order valence-corrected chi connectivity index (χ3v) is 3.56. The second-order valence-electron chi connectivity index (χ2n) is 5.24. The van der Waals surface area contributed by atoms with E-state index < -0.39 is 4.92 Å². The lowest BCUT2D eigenvalue weighted by molar-refractivity contribution is -0.388. The van der Waals surface area contributed by atoms with Crippen LogP contribution in [0.25, 0.3) is 10.9 Å². The fraction of sp³-hybridized carbons (Fsp3) is 0.250. The molecule has 0 fully saturated rings. The van der Waals surface area contributed by atoms with Gasteiger partial charge in [0.25, 0.3) is 0 Å². The number of nitrogens with zero attached hydrogens (tertiary/aromatic N) is 4.